The summed E-state index contributed by atoms with van der Waals surface area (Å²) in [7, 11) is 0. The van der Waals surface area contributed by atoms with Gasteiger partial charge in [0.25, 0.3) is 0 Å². The number of carbonyl (C=O) groups is 1. The normalized spacial score (nSPS) is 22.2. The summed E-state index contributed by atoms with van der Waals surface area (Å²) in [6.07, 6.45) is 1.92. The second-order valence-corrected chi connectivity index (χ2v) is 4.85. The molecule has 2 heterocycles. The fourth-order valence-electron chi connectivity index (χ4n) is 2.50. The minimum atomic E-state index is -1.03. The molecule has 100 valence electrons. The Hall–Kier alpha value is -1.33. The molecule has 1 aliphatic heterocycles. The number of hydrogen-bond donors (Lipinski definition) is 2. The van der Waals surface area contributed by atoms with E-state index >= 15 is 0 Å². The van der Waals surface area contributed by atoms with Crippen molar-refractivity contribution < 1.29 is 19.4 Å². The summed E-state index contributed by atoms with van der Waals surface area (Å²) in [6, 6.07) is 3.31. The van der Waals surface area contributed by atoms with Crippen molar-refractivity contribution >= 4 is 5.97 Å². The van der Waals surface area contributed by atoms with Crippen LogP contribution in [0.25, 0.3) is 0 Å². The third-order valence-electron chi connectivity index (χ3n) is 3.65. The molecule has 5 nitrogen and oxygen atoms in total. The predicted octanol–water partition coefficient (Wildman–Crippen LogP) is 1.74. The van der Waals surface area contributed by atoms with Crippen LogP contribution >= 0.6 is 0 Å². The molecule has 1 saturated heterocycles. The summed E-state index contributed by atoms with van der Waals surface area (Å²) in [6.45, 7) is 4.16. The lowest BCUT2D eigenvalue weighted by Crippen LogP contribution is -2.24. The zero-order valence-electron chi connectivity index (χ0n) is 10.5. The van der Waals surface area contributed by atoms with Crippen LogP contribution in [0.15, 0.2) is 16.5 Å². The van der Waals surface area contributed by atoms with Crippen LogP contribution in [0.5, 0.6) is 0 Å². The topological polar surface area (TPSA) is 73.9 Å². The van der Waals surface area contributed by atoms with Crippen LogP contribution in [0.3, 0.4) is 0 Å². The second kappa shape index (κ2) is 5.54. The summed E-state index contributed by atoms with van der Waals surface area (Å²) in [4.78, 5) is 13.0. The highest BCUT2D eigenvalue weighted by molar-refractivity contribution is 5.84. The van der Waals surface area contributed by atoms with E-state index in [-0.39, 0.29) is 18.4 Å². The number of likely N-dealkylation sites (tertiary alicyclic amines) is 1. The molecule has 0 spiro atoms. The highest BCUT2D eigenvalue weighted by Crippen LogP contribution is 2.29. The molecule has 2 atom stereocenters. The van der Waals surface area contributed by atoms with Crippen molar-refractivity contribution in [3.63, 3.8) is 0 Å². The van der Waals surface area contributed by atoms with Gasteiger partial charge in [0, 0.05) is 13.2 Å². The molecule has 1 fully saturated rings. The van der Waals surface area contributed by atoms with Gasteiger partial charge in [-0.1, -0.05) is 0 Å². The van der Waals surface area contributed by atoms with Gasteiger partial charge in [-0.3, -0.25) is 4.90 Å². The summed E-state index contributed by atoms with van der Waals surface area (Å²) in [5.74, 6) is 0.180. The average Bonchev–Trinajstić information content (AvgIpc) is 2.97. The number of rotatable bonds is 5. The van der Waals surface area contributed by atoms with Crippen LogP contribution in [0.4, 0.5) is 0 Å². The summed E-state index contributed by atoms with van der Waals surface area (Å²) >= 11 is 0. The molecule has 1 aliphatic rings. The van der Waals surface area contributed by atoms with E-state index in [0.717, 1.165) is 25.9 Å². The maximum Gasteiger partial charge on any atom is 0.371 e. The first-order valence-corrected chi connectivity index (χ1v) is 6.29. The lowest BCUT2D eigenvalue weighted by atomic mass is 10.1. The first-order chi connectivity index (χ1) is 8.61. The molecule has 1 aromatic rings. The Morgan fingerprint density at radius 3 is 3.00 bits per heavy atom. The Kier molecular flexibility index (Phi) is 4.04. The molecule has 2 unspecified atom stereocenters. The fourth-order valence-corrected chi connectivity index (χ4v) is 2.50. The Labute approximate surface area is 106 Å². The van der Waals surface area contributed by atoms with E-state index < -0.39 is 5.97 Å². The third-order valence-corrected chi connectivity index (χ3v) is 3.65. The molecule has 0 bridgehead atoms. The van der Waals surface area contributed by atoms with Crippen molar-refractivity contribution in [2.75, 3.05) is 19.7 Å². The largest absolute Gasteiger partial charge is 0.475 e. The van der Waals surface area contributed by atoms with Crippen LogP contribution in [0, 0.1) is 5.92 Å². The highest BCUT2D eigenvalue weighted by Gasteiger charge is 2.28. The molecule has 18 heavy (non-hydrogen) atoms. The standard InChI is InChI=1S/C13H19NO4/c1-9(11-2-3-12(18-11)13(16)17)14-6-4-10(8-14)5-7-15/h2-3,9-10,15H,4-8H2,1H3,(H,16,17). The van der Waals surface area contributed by atoms with Crippen LogP contribution in [-0.2, 0) is 0 Å². The van der Waals surface area contributed by atoms with E-state index in [2.05, 4.69) is 4.90 Å². The average molecular weight is 253 g/mol. The van der Waals surface area contributed by atoms with Gasteiger partial charge in [-0.25, -0.2) is 4.79 Å². The Morgan fingerprint density at radius 2 is 2.39 bits per heavy atom. The molecule has 0 saturated carbocycles. The lowest BCUT2D eigenvalue weighted by molar-refractivity contribution is 0.0656. The van der Waals surface area contributed by atoms with Gasteiger partial charge in [-0.05, 0) is 44.4 Å². The predicted molar refractivity (Wildman–Crippen MR) is 65.5 cm³/mol. The van der Waals surface area contributed by atoms with Crippen molar-refractivity contribution in [2.45, 2.75) is 25.8 Å². The number of aromatic carboxylic acids is 1. The Bertz CT molecular complexity index is 415. The number of furan rings is 1. The summed E-state index contributed by atoms with van der Waals surface area (Å²) in [5, 5.41) is 17.8. The van der Waals surface area contributed by atoms with E-state index in [4.69, 9.17) is 14.6 Å². The maximum atomic E-state index is 10.8. The van der Waals surface area contributed by atoms with Gasteiger partial charge < -0.3 is 14.6 Å². The van der Waals surface area contributed by atoms with E-state index in [9.17, 15) is 4.79 Å². The van der Waals surface area contributed by atoms with Gasteiger partial charge in [-0.15, -0.1) is 0 Å². The molecule has 0 radical (unpaired) electrons. The number of hydrogen-bond acceptors (Lipinski definition) is 4. The minimum Gasteiger partial charge on any atom is -0.475 e. The quantitative estimate of drug-likeness (QED) is 0.836. The highest BCUT2D eigenvalue weighted by atomic mass is 16.4. The van der Waals surface area contributed by atoms with Gasteiger partial charge in [0.1, 0.15) is 5.76 Å². The monoisotopic (exact) mass is 253 g/mol. The summed E-state index contributed by atoms with van der Waals surface area (Å²) < 4.78 is 5.32. The smallest absolute Gasteiger partial charge is 0.371 e. The van der Waals surface area contributed by atoms with Gasteiger partial charge >= 0.3 is 5.97 Å². The van der Waals surface area contributed by atoms with Gasteiger partial charge in [-0.2, -0.15) is 0 Å². The SMILES string of the molecule is CC(c1ccc(C(=O)O)o1)N1CCC(CCO)C1. The van der Waals surface area contributed by atoms with Gasteiger partial charge in [0.05, 0.1) is 6.04 Å². The van der Waals surface area contributed by atoms with E-state index in [0.29, 0.717) is 11.7 Å². The second-order valence-electron chi connectivity index (χ2n) is 4.85. The van der Waals surface area contributed by atoms with Crippen molar-refractivity contribution in [1.29, 1.82) is 0 Å². The number of nitrogens with zero attached hydrogens (tertiary/aromatic N) is 1. The molecule has 2 rings (SSSR count). The maximum absolute atomic E-state index is 10.8. The lowest BCUT2D eigenvalue weighted by Gasteiger charge is -2.22. The van der Waals surface area contributed by atoms with E-state index in [1.807, 2.05) is 6.92 Å². The third kappa shape index (κ3) is 2.73. The number of aliphatic hydroxyl groups is 1. The van der Waals surface area contributed by atoms with Crippen molar-refractivity contribution in [3.8, 4) is 0 Å². The van der Waals surface area contributed by atoms with Crippen LogP contribution in [0.2, 0.25) is 0 Å². The van der Waals surface area contributed by atoms with E-state index in [1.54, 1.807) is 6.07 Å². The number of carboxylic acids is 1. The number of aliphatic hydroxyl groups excluding tert-OH is 1. The first-order valence-electron chi connectivity index (χ1n) is 6.29. The van der Waals surface area contributed by atoms with Crippen LogP contribution in [-0.4, -0.2) is 40.8 Å². The van der Waals surface area contributed by atoms with Crippen molar-refractivity contribution in [2.24, 2.45) is 5.92 Å². The zero-order valence-corrected chi connectivity index (χ0v) is 10.5. The van der Waals surface area contributed by atoms with Crippen molar-refractivity contribution in [3.05, 3.63) is 23.7 Å². The Balaban J connectivity index is 1.98. The van der Waals surface area contributed by atoms with Crippen molar-refractivity contribution in [1.82, 2.24) is 4.90 Å². The first kappa shape index (κ1) is 13.1. The minimum absolute atomic E-state index is 0.0112. The van der Waals surface area contributed by atoms with Crippen LogP contribution < -0.4 is 0 Å². The van der Waals surface area contributed by atoms with E-state index in [1.165, 1.54) is 6.07 Å². The molecule has 2 N–H and O–H groups in total. The Morgan fingerprint density at radius 1 is 1.61 bits per heavy atom. The zero-order chi connectivity index (χ0) is 13.1. The fraction of sp³-hybridized carbons (Fsp3) is 0.615. The molecule has 0 aliphatic carbocycles. The van der Waals surface area contributed by atoms with Crippen LogP contribution in [0.1, 0.15) is 42.1 Å². The van der Waals surface area contributed by atoms with Gasteiger partial charge in [0.15, 0.2) is 0 Å². The molecular weight excluding hydrogens is 234 g/mol. The molecule has 1 aromatic heterocycles. The molecular formula is C13H19NO4. The number of carboxylic acid groups (broad SMARTS) is 1. The molecule has 0 amide bonds. The van der Waals surface area contributed by atoms with Gasteiger partial charge in [0.2, 0.25) is 5.76 Å². The molecule has 5 heteroatoms. The summed E-state index contributed by atoms with van der Waals surface area (Å²) in [5.41, 5.74) is 0. The molecule has 0 aromatic carbocycles.